The van der Waals surface area contributed by atoms with Gasteiger partial charge in [0.05, 0.1) is 23.6 Å². The Balaban J connectivity index is 1.49. The fourth-order valence-electron chi connectivity index (χ4n) is 5.25. The number of alkyl halides is 3. The number of hydrogen-bond donors (Lipinski definition) is 1. The Bertz CT molecular complexity index is 1140. The molecule has 0 saturated carbocycles. The van der Waals surface area contributed by atoms with Gasteiger partial charge in [-0.15, -0.1) is 0 Å². The normalized spacial score (nSPS) is 19.5. The number of hydrogen-bond acceptors (Lipinski definition) is 4. The number of nitriles is 1. The second-order valence-corrected chi connectivity index (χ2v) is 9.34. The van der Waals surface area contributed by atoms with Crippen molar-refractivity contribution >= 4 is 17.5 Å². The third-order valence-corrected chi connectivity index (χ3v) is 7.19. The standard InChI is InChI=1S/C26H27F3N4O2/c1-31-24(35)22-15-25(17-33(22)23(34)13-18-5-3-2-4-6-18)9-11-32(12-10-25)20-8-7-19(16-30)21(14-20)26(27,28)29/h2-8,14,22H,9-13,15,17H2,1H3,(H,31,35). The number of piperidine rings is 1. The molecule has 184 valence electrons. The highest BCUT2D eigenvalue weighted by Gasteiger charge is 2.49. The number of halogens is 3. The van der Waals surface area contributed by atoms with Gasteiger partial charge in [-0.25, -0.2) is 0 Å². The van der Waals surface area contributed by atoms with Crippen LogP contribution in [0.1, 0.15) is 36.0 Å². The molecule has 2 aliphatic heterocycles. The Hall–Kier alpha value is -3.54. The molecule has 0 bridgehead atoms. The zero-order valence-electron chi connectivity index (χ0n) is 19.4. The van der Waals surface area contributed by atoms with E-state index >= 15 is 0 Å². The largest absolute Gasteiger partial charge is 0.417 e. The second-order valence-electron chi connectivity index (χ2n) is 9.34. The number of anilines is 1. The zero-order chi connectivity index (χ0) is 25.2. The van der Waals surface area contributed by atoms with Crippen molar-refractivity contribution in [1.82, 2.24) is 10.2 Å². The van der Waals surface area contributed by atoms with Gasteiger partial charge in [-0.2, -0.15) is 18.4 Å². The monoisotopic (exact) mass is 484 g/mol. The Morgan fingerprint density at radius 2 is 1.83 bits per heavy atom. The SMILES string of the molecule is CNC(=O)C1CC2(CCN(c3ccc(C#N)c(C(F)(F)F)c3)CC2)CN1C(=O)Cc1ccccc1. The lowest BCUT2D eigenvalue weighted by Gasteiger charge is -2.40. The van der Waals surface area contributed by atoms with Crippen molar-refractivity contribution in [3.05, 3.63) is 65.2 Å². The van der Waals surface area contributed by atoms with Gasteiger partial charge >= 0.3 is 6.18 Å². The first-order valence-electron chi connectivity index (χ1n) is 11.6. The first-order chi connectivity index (χ1) is 16.7. The molecule has 35 heavy (non-hydrogen) atoms. The summed E-state index contributed by atoms with van der Waals surface area (Å²) in [4.78, 5) is 29.3. The lowest BCUT2D eigenvalue weighted by Crippen LogP contribution is -2.45. The van der Waals surface area contributed by atoms with E-state index < -0.39 is 23.3 Å². The molecule has 1 spiro atoms. The van der Waals surface area contributed by atoms with E-state index in [2.05, 4.69) is 5.32 Å². The molecule has 2 saturated heterocycles. The number of likely N-dealkylation sites (tertiary alicyclic amines) is 1. The maximum Gasteiger partial charge on any atom is 0.417 e. The minimum atomic E-state index is -4.61. The van der Waals surface area contributed by atoms with Gasteiger partial charge in [0, 0.05) is 32.4 Å². The fraction of sp³-hybridized carbons (Fsp3) is 0.423. The molecule has 4 rings (SSSR count). The molecule has 1 atom stereocenters. The van der Waals surface area contributed by atoms with E-state index in [9.17, 15) is 22.8 Å². The van der Waals surface area contributed by atoms with E-state index in [-0.39, 0.29) is 23.7 Å². The summed E-state index contributed by atoms with van der Waals surface area (Å²) in [5, 5.41) is 11.7. The molecule has 0 aromatic heterocycles. The quantitative estimate of drug-likeness (QED) is 0.717. The fourth-order valence-corrected chi connectivity index (χ4v) is 5.25. The number of nitrogens with one attached hydrogen (secondary N) is 1. The first-order valence-corrected chi connectivity index (χ1v) is 11.6. The van der Waals surface area contributed by atoms with Crippen LogP contribution < -0.4 is 10.2 Å². The molecule has 1 unspecified atom stereocenters. The predicted octanol–water partition coefficient (Wildman–Crippen LogP) is 3.75. The summed E-state index contributed by atoms with van der Waals surface area (Å²) in [6, 6.07) is 14.2. The minimum Gasteiger partial charge on any atom is -0.371 e. The summed E-state index contributed by atoms with van der Waals surface area (Å²) in [5.74, 6) is -0.307. The van der Waals surface area contributed by atoms with E-state index in [4.69, 9.17) is 5.26 Å². The van der Waals surface area contributed by atoms with E-state index in [0.29, 0.717) is 44.6 Å². The van der Waals surface area contributed by atoms with E-state index in [1.165, 1.54) is 6.07 Å². The molecule has 9 heteroatoms. The number of carbonyl (C=O) groups excluding carboxylic acids is 2. The molecule has 0 aliphatic carbocycles. The van der Waals surface area contributed by atoms with Gasteiger partial charge in [0.1, 0.15) is 6.04 Å². The molecule has 1 N–H and O–H groups in total. The molecule has 2 aromatic rings. The Morgan fingerprint density at radius 1 is 1.14 bits per heavy atom. The summed E-state index contributed by atoms with van der Waals surface area (Å²) in [6.45, 7) is 1.46. The molecular formula is C26H27F3N4O2. The van der Waals surface area contributed by atoms with Gasteiger partial charge in [0.25, 0.3) is 0 Å². The van der Waals surface area contributed by atoms with Crippen LogP contribution in [0, 0.1) is 16.7 Å². The highest BCUT2D eigenvalue weighted by atomic mass is 19.4. The average Bonchev–Trinajstić information content (AvgIpc) is 3.23. The number of benzene rings is 2. The van der Waals surface area contributed by atoms with Crippen LogP contribution in [0.4, 0.5) is 18.9 Å². The Morgan fingerprint density at radius 3 is 2.43 bits per heavy atom. The Kier molecular flexibility index (Phi) is 6.75. The number of nitrogens with zero attached hydrogens (tertiary/aromatic N) is 3. The maximum absolute atomic E-state index is 13.4. The third kappa shape index (κ3) is 5.11. The predicted molar refractivity (Wildman–Crippen MR) is 124 cm³/mol. The van der Waals surface area contributed by atoms with Crippen LogP contribution in [-0.2, 0) is 22.2 Å². The van der Waals surface area contributed by atoms with Crippen molar-refractivity contribution < 1.29 is 22.8 Å². The van der Waals surface area contributed by atoms with Gasteiger partial charge in [0.15, 0.2) is 0 Å². The number of carbonyl (C=O) groups is 2. The van der Waals surface area contributed by atoms with Crippen molar-refractivity contribution in [3.8, 4) is 6.07 Å². The van der Waals surface area contributed by atoms with E-state index in [0.717, 1.165) is 11.6 Å². The van der Waals surface area contributed by atoms with Crippen LogP contribution in [0.25, 0.3) is 0 Å². The summed E-state index contributed by atoms with van der Waals surface area (Å²) >= 11 is 0. The van der Waals surface area contributed by atoms with Gasteiger partial charge in [-0.05, 0) is 48.4 Å². The number of rotatable bonds is 4. The topological polar surface area (TPSA) is 76.4 Å². The van der Waals surface area contributed by atoms with Crippen molar-refractivity contribution in [1.29, 1.82) is 5.26 Å². The van der Waals surface area contributed by atoms with Gasteiger partial charge in [-0.1, -0.05) is 30.3 Å². The highest BCUT2D eigenvalue weighted by Crippen LogP contribution is 2.45. The van der Waals surface area contributed by atoms with E-state index in [1.807, 2.05) is 35.2 Å². The summed E-state index contributed by atoms with van der Waals surface area (Å²) in [5.41, 5.74) is -0.295. The van der Waals surface area contributed by atoms with Crippen LogP contribution in [0.15, 0.2) is 48.5 Å². The summed E-state index contributed by atoms with van der Waals surface area (Å²) < 4.78 is 40.2. The molecular weight excluding hydrogens is 457 g/mol. The van der Waals surface area contributed by atoms with Gasteiger partial charge in [0.2, 0.25) is 11.8 Å². The van der Waals surface area contributed by atoms with Crippen LogP contribution >= 0.6 is 0 Å². The van der Waals surface area contributed by atoms with Crippen molar-refractivity contribution in [2.75, 3.05) is 31.6 Å². The van der Waals surface area contributed by atoms with Crippen molar-refractivity contribution in [2.24, 2.45) is 5.41 Å². The van der Waals surface area contributed by atoms with Crippen molar-refractivity contribution in [2.45, 2.75) is 37.9 Å². The molecule has 2 heterocycles. The number of likely N-dealkylation sites (N-methyl/N-ethyl adjacent to an activating group) is 1. The van der Waals surface area contributed by atoms with Crippen LogP contribution in [0.3, 0.4) is 0 Å². The maximum atomic E-state index is 13.4. The van der Waals surface area contributed by atoms with E-state index in [1.54, 1.807) is 24.1 Å². The third-order valence-electron chi connectivity index (χ3n) is 7.19. The smallest absolute Gasteiger partial charge is 0.371 e. The zero-order valence-corrected chi connectivity index (χ0v) is 19.4. The summed E-state index contributed by atoms with van der Waals surface area (Å²) in [6.07, 6.45) is -2.57. The van der Waals surface area contributed by atoms with Crippen LogP contribution in [0.2, 0.25) is 0 Å². The van der Waals surface area contributed by atoms with Crippen molar-refractivity contribution in [3.63, 3.8) is 0 Å². The number of amides is 2. The first kappa shape index (κ1) is 24.6. The molecule has 2 aromatic carbocycles. The molecule has 2 fully saturated rings. The Labute approximate surface area is 202 Å². The second kappa shape index (κ2) is 9.61. The molecule has 2 aliphatic rings. The van der Waals surface area contributed by atoms with Crippen LogP contribution in [-0.4, -0.2) is 49.4 Å². The molecule has 0 radical (unpaired) electrons. The lowest BCUT2D eigenvalue weighted by molar-refractivity contribution is -0.138. The minimum absolute atomic E-state index is 0.106. The summed E-state index contributed by atoms with van der Waals surface area (Å²) in [7, 11) is 1.55. The highest BCUT2D eigenvalue weighted by molar-refractivity contribution is 5.89. The average molecular weight is 485 g/mol. The van der Waals surface area contributed by atoms with Gasteiger partial charge < -0.3 is 15.1 Å². The molecule has 6 nitrogen and oxygen atoms in total. The van der Waals surface area contributed by atoms with Gasteiger partial charge in [-0.3, -0.25) is 9.59 Å². The van der Waals surface area contributed by atoms with Crippen LogP contribution in [0.5, 0.6) is 0 Å². The molecule has 2 amide bonds. The lowest BCUT2D eigenvalue weighted by atomic mass is 9.76.